The Bertz CT molecular complexity index is 774. The average Bonchev–Trinajstić information content (AvgIpc) is 2.54. The third-order valence-corrected chi connectivity index (χ3v) is 3.00. The standard InChI is InChI=1S/C16H12F2N4/c1-2-21-15-13(17)11(8-19)12(9-20)14(18)16(15)22-10-6-4-3-5-7-10/h3-7,21-22H,2H2,1H3. The SMILES string of the molecule is CCNc1c(F)c(C#N)c(C#N)c(F)c1Nc1ccccc1. The van der Waals surface area contributed by atoms with Gasteiger partial charge < -0.3 is 10.6 Å². The summed E-state index contributed by atoms with van der Waals surface area (Å²) in [6.07, 6.45) is 0. The fraction of sp³-hybridized carbons (Fsp3) is 0.125. The average molecular weight is 298 g/mol. The van der Waals surface area contributed by atoms with Crippen molar-refractivity contribution in [1.29, 1.82) is 10.5 Å². The number of hydrogen-bond donors (Lipinski definition) is 2. The molecular formula is C16H12F2N4. The summed E-state index contributed by atoms with van der Waals surface area (Å²) in [5.41, 5.74) is -1.04. The van der Waals surface area contributed by atoms with E-state index in [2.05, 4.69) is 10.6 Å². The Morgan fingerprint density at radius 1 is 0.955 bits per heavy atom. The summed E-state index contributed by atoms with van der Waals surface area (Å²) in [6.45, 7) is 2.05. The molecule has 0 spiro atoms. The number of nitriles is 2. The largest absolute Gasteiger partial charge is 0.381 e. The van der Waals surface area contributed by atoms with E-state index in [9.17, 15) is 8.78 Å². The summed E-state index contributed by atoms with van der Waals surface area (Å²) in [5, 5.41) is 23.4. The molecule has 22 heavy (non-hydrogen) atoms. The van der Waals surface area contributed by atoms with E-state index >= 15 is 0 Å². The number of para-hydroxylation sites is 1. The van der Waals surface area contributed by atoms with Gasteiger partial charge in [0.25, 0.3) is 0 Å². The number of rotatable bonds is 4. The van der Waals surface area contributed by atoms with E-state index in [0.29, 0.717) is 12.2 Å². The molecule has 0 atom stereocenters. The third-order valence-electron chi connectivity index (χ3n) is 3.00. The van der Waals surface area contributed by atoms with Crippen LogP contribution in [-0.4, -0.2) is 6.54 Å². The van der Waals surface area contributed by atoms with E-state index in [1.165, 1.54) is 0 Å². The molecule has 0 aromatic heterocycles. The Morgan fingerprint density at radius 2 is 1.50 bits per heavy atom. The van der Waals surface area contributed by atoms with Gasteiger partial charge in [0, 0.05) is 12.2 Å². The van der Waals surface area contributed by atoms with E-state index < -0.39 is 22.8 Å². The molecule has 0 bridgehead atoms. The van der Waals surface area contributed by atoms with Gasteiger partial charge in [0.2, 0.25) is 0 Å². The molecule has 0 unspecified atom stereocenters. The second kappa shape index (κ2) is 6.55. The Kier molecular flexibility index (Phi) is 4.55. The second-order valence-corrected chi connectivity index (χ2v) is 4.37. The zero-order valence-electron chi connectivity index (χ0n) is 11.7. The molecule has 0 saturated heterocycles. The van der Waals surface area contributed by atoms with Crippen LogP contribution in [0.15, 0.2) is 30.3 Å². The monoisotopic (exact) mass is 298 g/mol. The summed E-state index contributed by atoms with van der Waals surface area (Å²) in [6, 6.07) is 11.7. The van der Waals surface area contributed by atoms with Crippen molar-refractivity contribution in [1.82, 2.24) is 0 Å². The fourth-order valence-corrected chi connectivity index (χ4v) is 2.02. The minimum atomic E-state index is -0.958. The molecule has 0 fully saturated rings. The number of halogens is 2. The number of anilines is 3. The first kappa shape index (κ1) is 15.3. The van der Waals surface area contributed by atoms with Crippen LogP contribution >= 0.6 is 0 Å². The van der Waals surface area contributed by atoms with Crippen LogP contribution in [0.5, 0.6) is 0 Å². The van der Waals surface area contributed by atoms with Crippen LogP contribution in [0, 0.1) is 34.3 Å². The molecule has 0 saturated carbocycles. The Labute approximate surface area is 126 Å². The van der Waals surface area contributed by atoms with Crippen LogP contribution in [0.4, 0.5) is 25.8 Å². The molecule has 0 aliphatic rings. The maximum Gasteiger partial charge on any atom is 0.168 e. The number of nitrogens with zero attached hydrogens (tertiary/aromatic N) is 2. The maximum absolute atomic E-state index is 14.5. The van der Waals surface area contributed by atoms with Gasteiger partial charge in [-0.2, -0.15) is 10.5 Å². The first-order valence-electron chi connectivity index (χ1n) is 6.55. The highest BCUT2D eigenvalue weighted by atomic mass is 19.1. The maximum atomic E-state index is 14.5. The Balaban J connectivity index is 2.68. The lowest BCUT2D eigenvalue weighted by atomic mass is 10.0. The minimum Gasteiger partial charge on any atom is -0.381 e. The van der Waals surface area contributed by atoms with E-state index in [1.807, 2.05) is 0 Å². The number of hydrogen-bond acceptors (Lipinski definition) is 4. The molecule has 6 heteroatoms. The van der Waals surface area contributed by atoms with Gasteiger partial charge in [-0.1, -0.05) is 18.2 Å². The first-order chi connectivity index (χ1) is 10.6. The highest BCUT2D eigenvalue weighted by Gasteiger charge is 2.24. The third kappa shape index (κ3) is 2.68. The number of benzene rings is 2. The highest BCUT2D eigenvalue weighted by Crippen LogP contribution is 2.35. The van der Waals surface area contributed by atoms with E-state index in [4.69, 9.17) is 10.5 Å². The van der Waals surface area contributed by atoms with Crippen molar-refractivity contribution in [3.63, 3.8) is 0 Å². The van der Waals surface area contributed by atoms with Gasteiger partial charge >= 0.3 is 0 Å². The van der Waals surface area contributed by atoms with Crippen LogP contribution in [0.2, 0.25) is 0 Å². The van der Waals surface area contributed by atoms with E-state index in [-0.39, 0.29) is 11.4 Å². The molecule has 0 amide bonds. The summed E-state index contributed by atoms with van der Waals surface area (Å²) in [7, 11) is 0. The zero-order valence-corrected chi connectivity index (χ0v) is 11.7. The molecule has 0 radical (unpaired) electrons. The van der Waals surface area contributed by atoms with Crippen LogP contribution in [0.25, 0.3) is 0 Å². The zero-order chi connectivity index (χ0) is 16.1. The molecule has 4 nitrogen and oxygen atoms in total. The van der Waals surface area contributed by atoms with Crippen LogP contribution in [-0.2, 0) is 0 Å². The summed E-state index contributed by atoms with van der Waals surface area (Å²) in [4.78, 5) is 0. The van der Waals surface area contributed by atoms with Crippen molar-refractivity contribution < 1.29 is 8.78 Å². The lowest BCUT2D eigenvalue weighted by molar-refractivity contribution is 0.599. The lowest BCUT2D eigenvalue weighted by Crippen LogP contribution is -2.10. The fourth-order valence-electron chi connectivity index (χ4n) is 2.02. The normalized spacial score (nSPS) is 9.68. The highest BCUT2D eigenvalue weighted by molar-refractivity contribution is 5.79. The van der Waals surface area contributed by atoms with Crippen molar-refractivity contribution in [2.45, 2.75) is 6.92 Å². The smallest absolute Gasteiger partial charge is 0.168 e. The molecule has 2 rings (SSSR count). The first-order valence-corrected chi connectivity index (χ1v) is 6.55. The van der Waals surface area contributed by atoms with Gasteiger partial charge in [-0.25, -0.2) is 8.78 Å². The van der Waals surface area contributed by atoms with Crippen molar-refractivity contribution >= 4 is 17.1 Å². The summed E-state index contributed by atoms with van der Waals surface area (Å²) < 4.78 is 28.9. The quantitative estimate of drug-likeness (QED) is 0.898. The van der Waals surface area contributed by atoms with E-state index in [0.717, 1.165) is 0 Å². The predicted octanol–water partition coefficient (Wildman–Crippen LogP) is 3.88. The number of nitrogens with one attached hydrogen (secondary N) is 2. The van der Waals surface area contributed by atoms with Crippen molar-refractivity contribution in [3.05, 3.63) is 53.1 Å². The van der Waals surface area contributed by atoms with Gasteiger partial charge in [0.1, 0.15) is 29.0 Å². The molecule has 2 aromatic carbocycles. The van der Waals surface area contributed by atoms with E-state index in [1.54, 1.807) is 49.4 Å². The van der Waals surface area contributed by atoms with Gasteiger partial charge in [-0.15, -0.1) is 0 Å². The molecule has 2 N–H and O–H groups in total. The van der Waals surface area contributed by atoms with Crippen molar-refractivity contribution in [2.75, 3.05) is 17.2 Å². The van der Waals surface area contributed by atoms with Crippen LogP contribution in [0.1, 0.15) is 18.1 Å². The summed E-state index contributed by atoms with van der Waals surface area (Å²) >= 11 is 0. The van der Waals surface area contributed by atoms with Crippen LogP contribution in [0.3, 0.4) is 0 Å². The topological polar surface area (TPSA) is 71.6 Å². The predicted molar refractivity (Wildman–Crippen MR) is 79.7 cm³/mol. The van der Waals surface area contributed by atoms with Gasteiger partial charge in [-0.05, 0) is 19.1 Å². The molecule has 0 aliphatic heterocycles. The van der Waals surface area contributed by atoms with Gasteiger partial charge in [0.05, 0.1) is 5.69 Å². The molecule has 0 aliphatic carbocycles. The molecular weight excluding hydrogens is 286 g/mol. The van der Waals surface area contributed by atoms with Crippen molar-refractivity contribution in [2.24, 2.45) is 0 Å². The minimum absolute atomic E-state index is 0.167. The van der Waals surface area contributed by atoms with Gasteiger partial charge in [0.15, 0.2) is 11.6 Å². The van der Waals surface area contributed by atoms with Crippen LogP contribution < -0.4 is 10.6 Å². The second-order valence-electron chi connectivity index (χ2n) is 4.37. The molecule has 2 aromatic rings. The molecule has 110 valence electrons. The summed E-state index contributed by atoms with van der Waals surface area (Å²) in [5.74, 6) is -1.90. The van der Waals surface area contributed by atoms with Crippen molar-refractivity contribution in [3.8, 4) is 12.1 Å². The molecule has 0 heterocycles. The Morgan fingerprint density at radius 3 is 2.00 bits per heavy atom. The Hall–Kier alpha value is -3.12. The lowest BCUT2D eigenvalue weighted by Gasteiger charge is -2.17. The van der Waals surface area contributed by atoms with Gasteiger partial charge in [-0.3, -0.25) is 0 Å².